The molecule has 2 rings (SSSR count). The number of nitrogens with zero attached hydrogens (tertiary/aromatic N) is 1. The molecule has 0 aliphatic rings. The summed E-state index contributed by atoms with van der Waals surface area (Å²) in [5, 5.41) is 1.21. The van der Waals surface area contributed by atoms with Crippen LogP contribution in [0.2, 0.25) is 5.15 Å². The lowest BCUT2D eigenvalue weighted by atomic mass is 10.2. The van der Waals surface area contributed by atoms with Crippen LogP contribution in [0.15, 0.2) is 24.4 Å². The zero-order chi connectivity index (χ0) is 9.42. The van der Waals surface area contributed by atoms with Crippen molar-refractivity contribution in [3.8, 4) is 0 Å². The predicted molar refractivity (Wildman–Crippen MR) is 59.4 cm³/mol. The lowest BCUT2D eigenvalue weighted by molar-refractivity contribution is 0.634. The molecule has 0 saturated carbocycles. The summed E-state index contributed by atoms with van der Waals surface area (Å²) in [5.74, 6) is -0.449. The van der Waals surface area contributed by atoms with Crippen molar-refractivity contribution < 1.29 is 4.39 Å². The maximum atomic E-state index is 13.3. The van der Waals surface area contributed by atoms with Crippen molar-refractivity contribution in [2.24, 2.45) is 0 Å². The van der Waals surface area contributed by atoms with Crippen LogP contribution in [-0.4, -0.2) is 4.98 Å². The Morgan fingerprint density at radius 3 is 2.92 bits per heavy atom. The van der Waals surface area contributed by atoms with Crippen LogP contribution in [0, 0.1) is 9.39 Å². The van der Waals surface area contributed by atoms with Gasteiger partial charge in [-0.1, -0.05) is 17.7 Å². The Morgan fingerprint density at radius 2 is 2.15 bits per heavy atom. The Morgan fingerprint density at radius 1 is 1.38 bits per heavy atom. The van der Waals surface area contributed by atoms with Gasteiger partial charge in [0.1, 0.15) is 0 Å². The van der Waals surface area contributed by atoms with Crippen molar-refractivity contribution in [3.05, 3.63) is 38.9 Å². The average molecular weight is 307 g/mol. The van der Waals surface area contributed by atoms with E-state index in [1.54, 1.807) is 12.3 Å². The molecule has 2 aromatic rings. The molecule has 0 amide bonds. The molecule has 0 aliphatic carbocycles. The molecule has 0 unspecified atom stereocenters. The largest absolute Gasteiger partial charge is 0.241 e. The summed E-state index contributed by atoms with van der Waals surface area (Å²) in [6, 6.07) is 5.41. The molecule has 0 bridgehead atoms. The molecule has 1 aromatic heterocycles. The topological polar surface area (TPSA) is 12.9 Å². The van der Waals surface area contributed by atoms with Gasteiger partial charge in [-0.05, 0) is 34.7 Å². The van der Waals surface area contributed by atoms with Crippen LogP contribution in [0.1, 0.15) is 0 Å². The van der Waals surface area contributed by atoms with Crippen LogP contribution in [0.4, 0.5) is 4.39 Å². The molecule has 13 heavy (non-hydrogen) atoms. The minimum atomic E-state index is -0.449. The number of fused-ring (bicyclic) bond motifs is 1. The number of hydrogen-bond donors (Lipinski definition) is 0. The highest BCUT2D eigenvalue weighted by atomic mass is 127. The third kappa shape index (κ3) is 1.62. The Hall–Kier alpha value is -0.420. The third-order valence-corrected chi connectivity index (χ3v) is 2.68. The van der Waals surface area contributed by atoms with Gasteiger partial charge in [-0.2, -0.15) is 0 Å². The van der Waals surface area contributed by atoms with Gasteiger partial charge in [-0.25, -0.2) is 9.37 Å². The van der Waals surface area contributed by atoms with Crippen LogP contribution in [0.5, 0.6) is 0 Å². The third-order valence-electron chi connectivity index (χ3n) is 1.75. The fraction of sp³-hybridized carbons (Fsp3) is 0. The SMILES string of the molecule is Fc1c(Cl)ncc2cc(I)ccc12. The number of halogens is 3. The summed E-state index contributed by atoms with van der Waals surface area (Å²) < 4.78 is 14.4. The molecule has 4 heteroatoms. The van der Waals surface area contributed by atoms with Crippen LogP contribution in [0.3, 0.4) is 0 Å². The van der Waals surface area contributed by atoms with E-state index in [-0.39, 0.29) is 5.15 Å². The monoisotopic (exact) mass is 307 g/mol. The smallest absolute Gasteiger partial charge is 0.168 e. The lowest BCUT2D eigenvalue weighted by Gasteiger charge is -2.00. The van der Waals surface area contributed by atoms with E-state index < -0.39 is 5.82 Å². The summed E-state index contributed by atoms with van der Waals surface area (Å²) in [4.78, 5) is 3.74. The Kier molecular flexibility index (Phi) is 2.38. The van der Waals surface area contributed by atoms with Crippen molar-refractivity contribution in [2.45, 2.75) is 0 Å². The second-order valence-electron chi connectivity index (χ2n) is 2.59. The first kappa shape index (κ1) is 9.15. The Bertz CT molecular complexity index is 472. The first-order valence-electron chi connectivity index (χ1n) is 3.58. The number of benzene rings is 1. The van der Waals surface area contributed by atoms with E-state index in [2.05, 4.69) is 27.6 Å². The number of rotatable bonds is 0. The summed E-state index contributed by atoms with van der Waals surface area (Å²) >= 11 is 7.70. The van der Waals surface area contributed by atoms with Gasteiger partial charge in [0.05, 0.1) is 0 Å². The molecule has 0 atom stereocenters. The maximum absolute atomic E-state index is 13.3. The first-order chi connectivity index (χ1) is 6.18. The van der Waals surface area contributed by atoms with E-state index >= 15 is 0 Å². The Balaban J connectivity index is 2.87. The Labute approximate surface area is 93.1 Å². The molecule has 0 radical (unpaired) electrons. The van der Waals surface area contributed by atoms with Gasteiger partial charge < -0.3 is 0 Å². The van der Waals surface area contributed by atoms with E-state index in [0.29, 0.717) is 5.39 Å². The van der Waals surface area contributed by atoms with Gasteiger partial charge in [0.2, 0.25) is 0 Å². The molecule has 0 spiro atoms. The summed E-state index contributed by atoms with van der Waals surface area (Å²) in [6.07, 6.45) is 1.57. The molecule has 66 valence electrons. The van der Waals surface area contributed by atoms with E-state index in [4.69, 9.17) is 11.6 Å². The standard InChI is InChI=1S/C9H4ClFIN/c10-9-8(11)7-2-1-6(12)3-5(7)4-13-9/h1-4H. The fourth-order valence-corrected chi connectivity index (χ4v) is 1.80. The molecular formula is C9H4ClFIN. The van der Waals surface area contributed by atoms with Crippen LogP contribution in [0.25, 0.3) is 10.8 Å². The van der Waals surface area contributed by atoms with Gasteiger partial charge >= 0.3 is 0 Å². The second-order valence-corrected chi connectivity index (χ2v) is 4.20. The van der Waals surface area contributed by atoms with Gasteiger partial charge in [-0.15, -0.1) is 0 Å². The van der Waals surface area contributed by atoms with Crippen molar-refractivity contribution in [1.82, 2.24) is 4.98 Å². The molecule has 0 saturated heterocycles. The van der Waals surface area contributed by atoms with Crippen LogP contribution in [-0.2, 0) is 0 Å². The first-order valence-corrected chi connectivity index (χ1v) is 5.03. The molecule has 1 aromatic carbocycles. The fourth-order valence-electron chi connectivity index (χ4n) is 1.13. The highest BCUT2D eigenvalue weighted by Gasteiger charge is 2.06. The van der Waals surface area contributed by atoms with Crippen molar-refractivity contribution >= 4 is 45.0 Å². The normalized spacial score (nSPS) is 10.7. The zero-order valence-electron chi connectivity index (χ0n) is 6.39. The maximum Gasteiger partial charge on any atom is 0.168 e. The van der Waals surface area contributed by atoms with E-state index in [9.17, 15) is 4.39 Å². The zero-order valence-corrected chi connectivity index (χ0v) is 9.30. The van der Waals surface area contributed by atoms with Crippen LogP contribution < -0.4 is 0 Å². The van der Waals surface area contributed by atoms with Crippen molar-refractivity contribution in [1.29, 1.82) is 0 Å². The van der Waals surface area contributed by atoms with E-state index in [0.717, 1.165) is 8.96 Å². The molecule has 0 fully saturated rings. The molecule has 1 nitrogen and oxygen atoms in total. The predicted octanol–water partition coefficient (Wildman–Crippen LogP) is 3.63. The highest BCUT2D eigenvalue weighted by molar-refractivity contribution is 14.1. The molecule has 1 heterocycles. The summed E-state index contributed by atoms with van der Waals surface area (Å²) in [5.41, 5.74) is 0. The molecule has 0 aliphatic heterocycles. The number of hydrogen-bond acceptors (Lipinski definition) is 1. The molecule has 0 N–H and O–H groups in total. The number of aromatic nitrogens is 1. The van der Waals surface area contributed by atoms with E-state index in [1.165, 1.54) is 0 Å². The highest BCUT2D eigenvalue weighted by Crippen LogP contribution is 2.23. The number of pyridine rings is 1. The average Bonchev–Trinajstić information content (AvgIpc) is 2.12. The van der Waals surface area contributed by atoms with Gasteiger partial charge in [0, 0.05) is 20.5 Å². The second kappa shape index (κ2) is 3.38. The lowest BCUT2D eigenvalue weighted by Crippen LogP contribution is -1.85. The minimum Gasteiger partial charge on any atom is -0.241 e. The quantitative estimate of drug-likeness (QED) is 0.535. The summed E-state index contributed by atoms with van der Waals surface area (Å²) in [6.45, 7) is 0. The molecular weight excluding hydrogens is 303 g/mol. The summed E-state index contributed by atoms with van der Waals surface area (Å²) in [7, 11) is 0. The minimum absolute atomic E-state index is 0.0753. The van der Waals surface area contributed by atoms with Crippen molar-refractivity contribution in [2.75, 3.05) is 0 Å². The van der Waals surface area contributed by atoms with Gasteiger partial charge in [0.25, 0.3) is 0 Å². The van der Waals surface area contributed by atoms with Crippen molar-refractivity contribution in [3.63, 3.8) is 0 Å². The van der Waals surface area contributed by atoms with E-state index in [1.807, 2.05) is 12.1 Å². The van der Waals surface area contributed by atoms with Gasteiger partial charge in [-0.3, -0.25) is 0 Å². The van der Waals surface area contributed by atoms with Gasteiger partial charge in [0.15, 0.2) is 11.0 Å². The van der Waals surface area contributed by atoms with Crippen LogP contribution >= 0.6 is 34.2 Å².